The van der Waals surface area contributed by atoms with E-state index in [9.17, 15) is 9.18 Å². The summed E-state index contributed by atoms with van der Waals surface area (Å²) in [5.41, 5.74) is 2.52. The zero-order chi connectivity index (χ0) is 17.4. The minimum atomic E-state index is -0.601. The molecular weight excluding hydrogens is 341 g/mol. The van der Waals surface area contributed by atoms with Gasteiger partial charge in [-0.1, -0.05) is 0 Å². The molecule has 0 saturated heterocycles. The van der Waals surface area contributed by atoms with Crippen LogP contribution in [0.2, 0.25) is 0 Å². The van der Waals surface area contributed by atoms with Gasteiger partial charge in [0.05, 0.1) is 12.0 Å². The number of rotatable bonds is 4. The Kier molecular flexibility index (Phi) is 3.81. The lowest BCUT2D eigenvalue weighted by molar-refractivity contribution is 0.0994. The molecule has 25 heavy (non-hydrogen) atoms. The number of hydrogen-bond donors (Lipinski definition) is 0. The minimum Gasteiger partial charge on any atom is -0.294 e. The highest BCUT2D eigenvalue weighted by molar-refractivity contribution is 7.09. The van der Waals surface area contributed by atoms with Crippen LogP contribution < -0.4 is 0 Å². The Morgan fingerprint density at radius 3 is 3.00 bits per heavy atom. The predicted molar refractivity (Wildman–Crippen MR) is 91.1 cm³/mol. The molecule has 0 fully saturated rings. The molecule has 0 atom stereocenters. The SMILES string of the molecule is Cc1csc(CC(=O)c2cc(-c3cccnc3F)cn3ncnc23)n1. The highest BCUT2D eigenvalue weighted by Gasteiger charge is 2.18. The van der Waals surface area contributed by atoms with Gasteiger partial charge < -0.3 is 0 Å². The molecule has 124 valence electrons. The van der Waals surface area contributed by atoms with E-state index in [1.807, 2.05) is 12.3 Å². The number of thiazole rings is 1. The van der Waals surface area contributed by atoms with Crippen LogP contribution in [0.3, 0.4) is 0 Å². The van der Waals surface area contributed by atoms with Gasteiger partial charge in [0.1, 0.15) is 11.3 Å². The Balaban J connectivity index is 1.81. The standard InChI is InChI=1S/C17H12FN5OS/c1-10-8-25-15(22-10)6-14(24)13-5-11(7-23-17(13)20-9-21-23)12-3-2-4-19-16(12)18/h2-5,7-9H,6H2,1H3. The summed E-state index contributed by atoms with van der Waals surface area (Å²) in [6, 6.07) is 4.88. The van der Waals surface area contributed by atoms with Crippen molar-refractivity contribution in [2.45, 2.75) is 13.3 Å². The number of aromatic nitrogens is 5. The molecule has 0 amide bonds. The van der Waals surface area contributed by atoms with Gasteiger partial charge >= 0.3 is 0 Å². The molecule has 0 bridgehead atoms. The summed E-state index contributed by atoms with van der Waals surface area (Å²) in [5, 5.41) is 6.72. The van der Waals surface area contributed by atoms with Crippen LogP contribution in [0.5, 0.6) is 0 Å². The second-order valence-electron chi connectivity index (χ2n) is 5.50. The number of nitrogens with zero attached hydrogens (tertiary/aromatic N) is 5. The predicted octanol–water partition coefficient (Wildman–Crippen LogP) is 3.12. The second kappa shape index (κ2) is 6.14. The van der Waals surface area contributed by atoms with E-state index in [1.54, 1.807) is 24.4 Å². The first kappa shape index (κ1) is 15.5. The van der Waals surface area contributed by atoms with Crippen LogP contribution >= 0.6 is 11.3 Å². The van der Waals surface area contributed by atoms with Crippen LogP contribution in [0, 0.1) is 12.9 Å². The molecule has 0 aliphatic heterocycles. The normalized spacial score (nSPS) is 11.1. The largest absolute Gasteiger partial charge is 0.294 e. The van der Waals surface area contributed by atoms with Crippen LogP contribution in [0.4, 0.5) is 4.39 Å². The summed E-state index contributed by atoms with van der Waals surface area (Å²) in [6.07, 6.45) is 4.54. The number of pyridine rings is 2. The summed E-state index contributed by atoms with van der Waals surface area (Å²) in [5.74, 6) is -0.741. The molecule has 0 N–H and O–H groups in total. The molecule has 0 aliphatic carbocycles. The Morgan fingerprint density at radius 1 is 1.36 bits per heavy atom. The van der Waals surface area contributed by atoms with Gasteiger partial charge in [0, 0.05) is 34.6 Å². The first-order chi connectivity index (χ1) is 12.1. The molecule has 4 aromatic heterocycles. The molecule has 0 unspecified atom stereocenters. The highest BCUT2D eigenvalue weighted by Crippen LogP contribution is 2.25. The third-order valence-electron chi connectivity index (χ3n) is 3.72. The van der Waals surface area contributed by atoms with Crippen LogP contribution in [-0.2, 0) is 6.42 Å². The molecule has 6 nitrogen and oxygen atoms in total. The van der Waals surface area contributed by atoms with E-state index in [0.717, 1.165) is 10.7 Å². The Labute approximate surface area is 146 Å². The maximum absolute atomic E-state index is 14.0. The van der Waals surface area contributed by atoms with Gasteiger partial charge in [-0.3, -0.25) is 4.79 Å². The lowest BCUT2D eigenvalue weighted by Gasteiger charge is -2.07. The van der Waals surface area contributed by atoms with Crippen LogP contribution in [0.1, 0.15) is 21.1 Å². The quantitative estimate of drug-likeness (QED) is 0.416. The van der Waals surface area contributed by atoms with Gasteiger partial charge in [-0.05, 0) is 25.1 Å². The second-order valence-corrected chi connectivity index (χ2v) is 6.44. The van der Waals surface area contributed by atoms with Gasteiger partial charge in [0.25, 0.3) is 0 Å². The van der Waals surface area contributed by atoms with Crippen LogP contribution in [0.15, 0.2) is 42.3 Å². The lowest BCUT2D eigenvalue weighted by atomic mass is 10.0. The van der Waals surface area contributed by atoms with Crippen molar-refractivity contribution in [2.24, 2.45) is 0 Å². The molecule has 0 saturated carbocycles. The van der Waals surface area contributed by atoms with E-state index in [2.05, 4.69) is 20.1 Å². The van der Waals surface area contributed by atoms with Crippen molar-refractivity contribution < 1.29 is 9.18 Å². The third-order valence-corrected chi connectivity index (χ3v) is 4.69. The average Bonchev–Trinajstić information content (AvgIpc) is 3.23. The summed E-state index contributed by atoms with van der Waals surface area (Å²) in [4.78, 5) is 24.9. The smallest absolute Gasteiger partial charge is 0.220 e. The Morgan fingerprint density at radius 2 is 2.24 bits per heavy atom. The summed E-state index contributed by atoms with van der Waals surface area (Å²) in [6.45, 7) is 1.88. The molecule has 0 aliphatic rings. The van der Waals surface area contributed by atoms with E-state index >= 15 is 0 Å². The number of fused-ring (bicyclic) bond motifs is 1. The van der Waals surface area contributed by atoms with E-state index in [0.29, 0.717) is 22.3 Å². The fourth-order valence-corrected chi connectivity index (χ4v) is 3.37. The zero-order valence-corrected chi connectivity index (χ0v) is 14.0. The number of carbonyl (C=O) groups excluding carboxylic acids is 1. The van der Waals surface area contributed by atoms with Gasteiger partial charge in [-0.15, -0.1) is 11.3 Å². The van der Waals surface area contributed by atoms with Crippen LogP contribution in [-0.4, -0.2) is 30.3 Å². The van der Waals surface area contributed by atoms with Gasteiger partial charge in [0.2, 0.25) is 5.95 Å². The summed E-state index contributed by atoms with van der Waals surface area (Å²) >= 11 is 1.44. The van der Waals surface area contributed by atoms with Gasteiger partial charge in [0.15, 0.2) is 11.4 Å². The maximum atomic E-state index is 14.0. The zero-order valence-electron chi connectivity index (χ0n) is 13.2. The molecule has 4 aromatic rings. The first-order valence-corrected chi connectivity index (χ1v) is 8.38. The number of Topliss-reactive ketones (excluding diaryl/α,β-unsaturated/α-hetero) is 1. The van der Waals surface area contributed by atoms with E-state index in [-0.39, 0.29) is 12.2 Å². The topological polar surface area (TPSA) is 73.0 Å². The number of carbonyl (C=O) groups is 1. The fourth-order valence-electron chi connectivity index (χ4n) is 2.60. The van der Waals surface area contributed by atoms with Crippen molar-refractivity contribution in [2.75, 3.05) is 0 Å². The molecule has 0 aromatic carbocycles. The van der Waals surface area contributed by atoms with Crippen molar-refractivity contribution in [3.05, 3.63) is 64.5 Å². The molecule has 0 spiro atoms. The van der Waals surface area contributed by atoms with Crippen molar-refractivity contribution in [1.82, 2.24) is 24.6 Å². The van der Waals surface area contributed by atoms with E-state index < -0.39 is 5.95 Å². The number of halogens is 1. The minimum absolute atomic E-state index is 0.140. The number of hydrogen-bond acceptors (Lipinski definition) is 6. The molecule has 0 radical (unpaired) electrons. The third kappa shape index (κ3) is 2.91. The van der Waals surface area contributed by atoms with E-state index in [4.69, 9.17) is 0 Å². The summed E-state index contributed by atoms with van der Waals surface area (Å²) < 4.78 is 15.5. The number of aryl methyl sites for hydroxylation is 1. The highest BCUT2D eigenvalue weighted by atomic mass is 32.1. The van der Waals surface area contributed by atoms with Crippen molar-refractivity contribution in [1.29, 1.82) is 0 Å². The van der Waals surface area contributed by atoms with Gasteiger partial charge in [-0.2, -0.15) is 9.49 Å². The van der Waals surface area contributed by atoms with Crippen molar-refractivity contribution in [3.63, 3.8) is 0 Å². The molecular formula is C17H12FN5OS. The van der Waals surface area contributed by atoms with E-state index in [1.165, 1.54) is 28.4 Å². The molecule has 4 rings (SSSR count). The average molecular weight is 353 g/mol. The van der Waals surface area contributed by atoms with Gasteiger partial charge in [-0.25, -0.2) is 19.5 Å². The lowest BCUT2D eigenvalue weighted by Crippen LogP contribution is -2.07. The molecule has 4 heterocycles. The maximum Gasteiger partial charge on any atom is 0.220 e. The monoisotopic (exact) mass is 353 g/mol. The Hall–Kier alpha value is -3.00. The summed E-state index contributed by atoms with van der Waals surface area (Å²) in [7, 11) is 0. The van der Waals surface area contributed by atoms with Crippen LogP contribution in [0.25, 0.3) is 16.8 Å². The molecule has 8 heteroatoms. The number of ketones is 1. The van der Waals surface area contributed by atoms with Crippen molar-refractivity contribution >= 4 is 22.8 Å². The first-order valence-electron chi connectivity index (χ1n) is 7.50. The fraction of sp³-hybridized carbons (Fsp3) is 0.118. The van der Waals surface area contributed by atoms with Crippen molar-refractivity contribution in [3.8, 4) is 11.1 Å². The Bertz CT molecular complexity index is 1090.